The van der Waals surface area contributed by atoms with E-state index < -0.39 is 0 Å². The summed E-state index contributed by atoms with van der Waals surface area (Å²) in [7, 11) is 1.72. The van der Waals surface area contributed by atoms with E-state index in [1.165, 1.54) is 15.3 Å². The SMILES string of the molecule is CCc1ccc(C(Br)Cc2ccccc2OC)s1. The van der Waals surface area contributed by atoms with E-state index in [1.54, 1.807) is 7.11 Å². The third-order valence-corrected chi connectivity index (χ3v) is 5.39. The molecule has 1 aromatic heterocycles. The molecule has 0 aliphatic heterocycles. The number of alkyl halides is 1. The van der Waals surface area contributed by atoms with Crippen molar-refractivity contribution in [3.8, 4) is 5.75 Å². The zero-order valence-corrected chi connectivity index (χ0v) is 13.1. The number of para-hydroxylation sites is 1. The summed E-state index contributed by atoms with van der Waals surface area (Å²) < 4.78 is 5.39. The minimum atomic E-state index is 0.360. The van der Waals surface area contributed by atoms with Gasteiger partial charge in [-0.05, 0) is 36.6 Å². The number of aryl methyl sites for hydroxylation is 1. The van der Waals surface area contributed by atoms with E-state index in [0.717, 1.165) is 18.6 Å². The van der Waals surface area contributed by atoms with Gasteiger partial charge in [-0.15, -0.1) is 11.3 Å². The lowest BCUT2D eigenvalue weighted by atomic mass is 10.1. The van der Waals surface area contributed by atoms with Crippen molar-refractivity contribution in [1.29, 1.82) is 0 Å². The quantitative estimate of drug-likeness (QED) is 0.703. The number of benzene rings is 1. The number of rotatable bonds is 5. The number of ether oxygens (including phenoxy) is 1. The molecule has 0 bridgehead atoms. The van der Waals surface area contributed by atoms with Crippen molar-refractivity contribution in [3.63, 3.8) is 0 Å². The number of thiophene rings is 1. The van der Waals surface area contributed by atoms with Gasteiger partial charge in [0.25, 0.3) is 0 Å². The second-order valence-electron chi connectivity index (χ2n) is 4.14. The fraction of sp³-hybridized carbons (Fsp3) is 0.333. The summed E-state index contributed by atoms with van der Waals surface area (Å²) >= 11 is 5.67. The molecule has 1 unspecified atom stereocenters. The fourth-order valence-electron chi connectivity index (χ4n) is 1.92. The van der Waals surface area contributed by atoms with E-state index in [1.807, 2.05) is 23.5 Å². The van der Waals surface area contributed by atoms with Crippen molar-refractivity contribution in [2.45, 2.75) is 24.6 Å². The first-order valence-corrected chi connectivity index (χ1v) is 7.82. The topological polar surface area (TPSA) is 9.23 Å². The van der Waals surface area contributed by atoms with E-state index in [-0.39, 0.29) is 0 Å². The van der Waals surface area contributed by atoms with Crippen LogP contribution in [0.3, 0.4) is 0 Å². The second kappa shape index (κ2) is 6.39. The molecule has 96 valence electrons. The Hall–Kier alpha value is -0.800. The Balaban J connectivity index is 2.13. The molecule has 0 saturated heterocycles. The van der Waals surface area contributed by atoms with E-state index >= 15 is 0 Å². The number of hydrogen-bond acceptors (Lipinski definition) is 2. The Morgan fingerprint density at radius 3 is 2.67 bits per heavy atom. The Morgan fingerprint density at radius 2 is 2.00 bits per heavy atom. The molecule has 0 fully saturated rings. The lowest BCUT2D eigenvalue weighted by Crippen LogP contribution is -1.96. The highest BCUT2D eigenvalue weighted by molar-refractivity contribution is 9.09. The summed E-state index contributed by atoms with van der Waals surface area (Å²) in [5.41, 5.74) is 1.24. The van der Waals surface area contributed by atoms with Gasteiger partial charge in [0.2, 0.25) is 0 Å². The molecule has 3 heteroatoms. The van der Waals surface area contributed by atoms with Crippen LogP contribution in [0.1, 0.15) is 27.1 Å². The van der Waals surface area contributed by atoms with E-state index in [4.69, 9.17) is 4.74 Å². The van der Waals surface area contributed by atoms with Crippen molar-refractivity contribution in [1.82, 2.24) is 0 Å². The molecule has 0 radical (unpaired) electrons. The fourth-order valence-corrected chi connectivity index (χ4v) is 3.63. The molecule has 1 nitrogen and oxygen atoms in total. The minimum Gasteiger partial charge on any atom is -0.496 e. The molecule has 18 heavy (non-hydrogen) atoms. The molecule has 0 spiro atoms. The average molecular weight is 325 g/mol. The van der Waals surface area contributed by atoms with Crippen molar-refractivity contribution >= 4 is 27.3 Å². The second-order valence-corrected chi connectivity index (χ2v) is 6.45. The largest absolute Gasteiger partial charge is 0.496 e. The summed E-state index contributed by atoms with van der Waals surface area (Å²) in [6.07, 6.45) is 2.06. The highest BCUT2D eigenvalue weighted by atomic mass is 79.9. The summed E-state index contributed by atoms with van der Waals surface area (Å²) in [6, 6.07) is 12.6. The maximum atomic E-state index is 5.39. The monoisotopic (exact) mass is 324 g/mol. The molecule has 1 atom stereocenters. The first-order chi connectivity index (χ1) is 8.74. The summed E-state index contributed by atoms with van der Waals surface area (Å²) in [5.74, 6) is 0.967. The van der Waals surface area contributed by atoms with Crippen LogP contribution in [-0.4, -0.2) is 7.11 Å². The van der Waals surface area contributed by atoms with Crippen molar-refractivity contribution < 1.29 is 4.74 Å². The standard InChI is InChI=1S/C15H17BrOS/c1-3-12-8-9-15(18-12)13(16)10-11-6-4-5-7-14(11)17-2/h4-9,13H,3,10H2,1-2H3. The van der Waals surface area contributed by atoms with Gasteiger partial charge in [-0.25, -0.2) is 0 Å². The summed E-state index contributed by atoms with van der Waals surface area (Å²) in [6.45, 7) is 2.19. The first kappa shape index (κ1) is 13.6. The first-order valence-electron chi connectivity index (χ1n) is 6.09. The Bertz CT molecular complexity index is 507. The third kappa shape index (κ3) is 3.15. The minimum absolute atomic E-state index is 0.360. The van der Waals surface area contributed by atoms with Crippen LogP contribution < -0.4 is 4.74 Å². The number of hydrogen-bond donors (Lipinski definition) is 0. The zero-order valence-electron chi connectivity index (χ0n) is 10.7. The summed E-state index contributed by atoms with van der Waals surface area (Å²) in [5, 5.41) is 0. The van der Waals surface area contributed by atoms with Crippen molar-refractivity contribution in [2.75, 3.05) is 7.11 Å². The van der Waals surface area contributed by atoms with Gasteiger partial charge in [0.15, 0.2) is 0 Å². The molecule has 2 rings (SSSR count). The predicted molar refractivity (Wildman–Crippen MR) is 82.1 cm³/mol. The van der Waals surface area contributed by atoms with Crippen LogP contribution >= 0.6 is 27.3 Å². The van der Waals surface area contributed by atoms with Gasteiger partial charge in [-0.3, -0.25) is 0 Å². The van der Waals surface area contributed by atoms with Crippen LogP contribution in [0.5, 0.6) is 5.75 Å². The number of methoxy groups -OCH3 is 1. The highest BCUT2D eigenvalue weighted by Gasteiger charge is 2.13. The Labute approximate surface area is 121 Å². The highest BCUT2D eigenvalue weighted by Crippen LogP contribution is 2.34. The van der Waals surface area contributed by atoms with Crippen LogP contribution in [0.15, 0.2) is 36.4 Å². The molecule has 0 N–H and O–H groups in total. The van der Waals surface area contributed by atoms with Crippen LogP contribution in [0.2, 0.25) is 0 Å². The molecular weight excluding hydrogens is 308 g/mol. The van der Waals surface area contributed by atoms with E-state index in [9.17, 15) is 0 Å². The average Bonchev–Trinajstić information content (AvgIpc) is 2.88. The Morgan fingerprint density at radius 1 is 1.22 bits per heavy atom. The lowest BCUT2D eigenvalue weighted by molar-refractivity contribution is 0.409. The molecule has 1 heterocycles. The van der Waals surface area contributed by atoms with Crippen molar-refractivity contribution in [3.05, 3.63) is 51.7 Å². The summed E-state index contributed by atoms with van der Waals surface area (Å²) in [4.78, 5) is 3.19. The third-order valence-electron chi connectivity index (χ3n) is 2.93. The van der Waals surface area contributed by atoms with Gasteiger partial charge in [-0.1, -0.05) is 41.1 Å². The maximum Gasteiger partial charge on any atom is 0.122 e. The number of halogens is 1. The van der Waals surface area contributed by atoms with Gasteiger partial charge in [0.05, 0.1) is 11.9 Å². The van der Waals surface area contributed by atoms with Gasteiger partial charge >= 0.3 is 0 Å². The smallest absolute Gasteiger partial charge is 0.122 e. The molecule has 0 saturated carbocycles. The van der Waals surface area contributed by atoms with Crippen LogP contribution in [0.4, 0.5) is 0 Å². The van der Waals surface area contributed by atoms with E-state index in [2.05, 4.69) is 47.1 Å². The van der Waals surface area contributed by atoms with Crippen LogP contribution in [0.25, 0.3) is 0 Å². The molecule has 1 aromatic carbocycles. The van der Waals surface area contributed by atoms with Gasteiger partial charge in [0, 0.05) is 9.75 Å². The van der Waals surface area contributed by atoms with Gasteiger partial charge < -0.3 is 4.74 Å². The molecule has 0 amide bonds. The zero-order chi connectivity index (χ0) is 13.0. The lowest BCUT2D eigenvalue weighted by Gasteiger charge is -2.11. The molecular formula is C15H17BrOS. The van der Waals surface area contributed by atoms with E-state index in [0.29, 0.717) is 4.83 Å². The van der Waals surface area contributed by atoms with Crippen LogP contribution in [0, 0.1) is 0 Å². The maximum absolute atomic E-state index is 5.39. The Kier molecular flexibility index (Phi) is 4.84. The molecule has 0 aliphatic carbocycles. The predicted octanol–water partition coefficient (Wildman–Crippen LogP) is 5.00. The molecule has 0 aliphatic rings. The van der Waals surface area contributed by atoms with Crippen LogP contribution in [-0.2, 0) is 12.8 Å². The van der Waals surface area contributed by atoms with Gasteiger partial charge in [0.1, 0.15) is 5.75 Å². The molecule has 2 aromatic rings. The van der Waals surface area contributed by atoms with Crippen molar-refractivity contribution in [2.24, 2.45) is 0 Å². The van der Waals surface area contributed by atoms with Gasteiger partial charge in [-0.2, -0.15) is 0 Å². The normalized spacial score (nSPS) is 12.4.